The molecule has 0 saturated heterocycles. The van der Waals surface area contributed by atoms with Gasteiger partial charge in [-0.15, -0.1) is 0 Å². The van der Waals surface area contributed by atoms with Gasteiger partial charge in [-0.25, -0.2) is 8.78 Å². The number of aldehydes is 1. The van der Waals surface area contributed by atoms with Crippen LogP contribution in [0.4, 0.5) is 14.5 Å². The summed E-state index contributed by atoms with van der Waals surface area (Å²) in [6.07, 6.45) is 0.225. The Labute approximate surface area is 75.5 Å². The molecule has 5 heteroatoms. The predicted octanol–water partition coefficient (Wildman–Crippen LogP) is 2.12. The molecule has 0 aliphatic carbocycles. The van der Waals surface area contributed by atoms with Crippen LogP contribution in [0.15, 0.2) is 10.5 Å². The van der Waals surface area contributed by atoms with Crippen LogP contribution in [-0.4, -0.2) is 6.29 Å². The van der Waals surface area contributed by atoms with Crippen molar-refractivity contribution in [3.05, 3.63) is 27.7 Å². The Morgan fingerprint density at radius 1 is 1.50 bits per heavy atom. The van der Waals surface area contributed by atoms with Gasteiger partial charge < -0.3 is 5.73 Å². The third-order valence-electron chi connectivity index (χ3n) is 1.35. The van der Waals surface area contributed by atoms with Gasteiger partial charge >= 0.3 is 0 Å². The molecule has 2 nitrogen and oxygen atoms in total. The Bertz CT molecular complexity index is 341. The lowest BCUT2D eigenvalue weighted by molar-refractivity contribution is 0.111. The highest BCUT2D eigenvalue weighted by Crippen LogP contribution is 2.27. The zero-order valence-electron chi connectivity index (χ0n) is 5.77. The molecule has 0 saturated carbocycles. The summed E-state index contributed by atoms with van der Waals surface area (Å²) >= 11 is 2.72. The van der Waals surface area contributed by atoms with Crippen molar-refractivity contribution in [2.45, 2.75) is 0 Å². The minimum Gasteiger partial charge on any atom is -0.395 e. The summed E-state index contributed by atoms with van der Waals surface area (Å²) in [4.78, 5) is 10.2. The standard InChI is InChI=1S/C7H4BrF2NO/c8-5-6(10)3(2-12)1-4(9)7(5)11/h1-2H,11H2. The monoisotopic (exact) mass is 235 g/mol. The van der Waals surface area contributed by atoms with Crippen molar-refractivity contribution in [1.29, 1.82) is 0 Å². The van der Waals surface area contributed by atoms with Crippen LogP contribution in [0.25, 0.3) is 0 Å². The molecule has 0 aliphatic heterocycles. The molecule has 1 rings (SSSR count). The Morgan fingerprint density at radius 3 is 2.58 bits per heavy atom. The second-order valence-corrected chi connectivity index (χ2v) is 2.90. The van der Waals surface area contributed by atoms with E-state index in [0.29, 0.717) is 0 Å². The number of benzene rings is 1. The minimum absolute atomic E-state index is 0.218. The number of halogens is 3. The van der Waals surface area contributed by atoms with E-state index in [2.05, 4.69) is 15.9 Å². The summed E-state index contributed by atoms with van der Waals surface area (Å²) in [5.41, 5.74) is 4.44. The molecule has 0 heterocycles. The summed E-state index contributed by atoms with van der Waals surface area (Å²) in [6.45, 7) is 0. The van der Waals surface area contributed by atoms with Crippen molar-refractivity contribution in [2.24, 2.45) is 0 Å². The number of anilines is 1. The smallest absolute Gasteiger partial charge is 0.153 e. The second-order valence-electron chi connectivity index (χ2n) is 2.11. The molecule has 1 aromatic rings. The number of hydrogen-bond acceptors (Lipinski definition) is 2. The van der Waals surface area contributed by atoms with Crippen molar-refractivity contribution < 1.29 is 13.6 Å². The molecule has 0 unspecified atom stereocenters. The van der Waals surface area contributed by atoms with Gasteiger partial charge in [0.15, 0.2) is 6.29 Å². The quantitative estimate of drug-likeness (QED) is 0.461. The van der Waals surface area contributed by atoms with E-state index < -0.39 is 11.6 Å². The van der Waals surface area contributed by atoms with Crippen LogP contribution in [0.5, 0.6) is 0 Å². The molecule has 1 aromatic carbocycles. The van der Waals surface area contributed by atoms with Gasteiger partial charge in [-0.2, -0.15) is 0 Å². The molecule has 0 radical (unpaired) electrons. The van der Waals surface area contributed by atoms with E-state index in [1.54, 1.807) is 0 Å². The SMILES string of the molecule is Nc1c(F)cc(C=O)c(F)c1Br. The molecule has 0 fully saturated rings. The second kappa shape index (κ2) is 3.18. The van der Waals surface area contributed by atoms with Crippen LogP contribution in [0.1, 0.15) is 10.4 Å². The maximum Gasteiger partial charge on any atom is 0.153 e. The average Bonchev–Trinajstić information content (AvgIpc) is 2.08. The predicted molar refractivity (Wildman–Crippen MR) is 43.9 cm³/mol. The molecule has 0 spiro atoms. The van der Waals surface area contributed by atoms with Crippen LogP contribution in [0, 0.1) is 11.6 Å². The van der Waals surface area contributed by atoms with Crippen LogP contribution < -0.4 is 5.73 Å². The van der Waals surface area contributed by atoms with E-state index >= 15 is 0 Å². The number of carbonyl (C=O) groups excluding carboxylic acids is 1. The maximum atomic E-state index is 12.9. The molecule has 0 amide bonds. The highest BCUT2D eigenvalue weighted by Gasteiger charge is 2.13. The highest BCUT2D eigenvalue weighted by atomic mass is 79.9. The Kier molecular flexibility index (Phi) is 2.42. The summed E-state index contributed by atoms with van der Waals surface area (Å²) in [6, 6.07) is 0.752. The molecular weight excluding hydrogens is 232 g/mol. The molecular formula is C7H4BrF2NO. The first-order chi connectivity index (χ1) is 5.57. The summed E-state index contributed by atoms with van der Waals surface area (Å²) < 4.78 is 25.4. The van der Waals surface area contributed by atoms with Gasteiger partial charge in [0.1, 0.15) is 11.6 Å². The van der Waals surface area contributed by atoms with E-state index in [-0.39, 0.29) is 22.0 Å². The van der Waals surface area contributed by atoms with Crippen LogP contribution in [-0.2, 0) is 0 Å². The minimum atomic E-state index is -0.844. The normalized spacial score (nSPS) is 9.92. The van der Waals surface area contributed by atoms with E-state index in [0.717, 1.165) is 6.07 Å². The Balaban J connectivity index is 3.49. The van der Waals surface area contributed by atoms with Crippen LogP contribution >= 0.6 is 15.9 Å². The number of rotatable bonds is 1. The fraction of sp³-hybridized carbons (Fsp3) is 0. The Hall–Kier alpha value is -0.970. The van der Waals surface area contributed by atoms with E-state index in [1.165, 1.54) is 0 Å². The number of carbonyl (C=O) groups is 1. The molecule has 0 aliphatic rings. The number of nitrogen functional groups attached to an aromatic ring is 1. The summed E-state index contributed by atoms with van der Waals surface area (Å²) in [5.74, 6) is -1.66. The van der Waals surface area contributed by atoms with Gasteiger partial charge in [0.05, 0.1) is 15.7 Å². The molecule has 0 bridgehead atoms. The largest absolute Gasteiger partial charge is 0.395 e. The van der Waals surface area contributed by atoms with Gasteiger partial charge in [0.2, 0.25) is 0 Å². The topological polar surface area (TPSA) is 43.1 Å². The van der Waals surface area contributed by atoms with Crippen LogP contribution in [0.3, 0.4) is 0 Å². The lowest BCUT2D eigenvalue weighted by Crippen LogP contribution is -1.98. The number of nitrogens with two attached hydrogens (primary N) is 1. The van der Waals surface area contributed by atoms with E-state index in [1.807, 2.05) is 0 Å². The summed E-state index contributed by atoms with van der Waals surface area (Å²) in [7, 11) is 0. The van der Waals surface area contributed by atoms with Crippen molar-refractivity contribution in [1.82, 2.24) is 0 Å². The van der Waals surface area contributed by atoms with Gasteiger partial charge in [0, 0.05) is 0 Å². The lowest BCUT2D eigenvalue weighted by Gasteiger charge is -2.02. The molecule has 0 aromatic heterocycles. The number of hydrogen-bond donors (Lipinski definition) is 1. The maximum absolute atomic E-state index is 12.9. The third-order valence-corrected chi connectivity index (χ3v) is 2.12. The average molecular weight is 236 g/mol. The Morgan fingerprint density at radius 2 is 2.08 bits per heavy atom. The fourth-order valence-corrected chi connectivity index (χ4v) is 1.13. The van der Waals surface area contributed by atoms with E-state index in [9.17, 15) is 13.6 Å². The molecule has 2 N–H and O–H groups in total. The first-order valence-electron chi connectivity index (χ1n) is 2.96. The third kappa shape index (κ3) is 1.32. The van der Waals surface area contributed by atoms with Crippen LogP contribution in [0.2, 0.25) is 0 Å². The molecule has 0 atom stereocenters. The van der Waals surface area contributed by atoms with Crippen molar-refractivity contribution >= 4 is 27.9 Å². The molecule has 64 valence electrons. The van der Waals surface area contributed by atoms with Crippen molar-refractivity contribution in [2.75, 3.05) is 5.73 Å². The van der Waals surface area contributed by atoms with Crippen molar-refractivity contribution in [3.8, 4) is 0 Å². The molecule has 12 heavy (non-hydrogen) atoms. The van der Waals surface area contributed by atoms with Gasteiger partial charge in [-0.05, 0) is 22.0 Å². The van der Waals surface area contributed by atoms with Gasteiger partial charge in [0.25, 0.3) is 0 Å². The zero-order valence-corrected chi connectivity index (χ0v) is 7.36. The van der Waals surface area contributed by atoms with Gasteiger partial charge in [-0.3, -0.25) is 4.79 Å². The first-order valence-corrected chi connectivity index (χ1v) is 3.75. The van der Waals surface area contributed by atoms with Gasteiger partial charge in [-0.1, -0.05) is 0 Å². The lowest BCUT2D eigenvalue weighted by atomic mass is 10.2. The van der Waals surface area contributed by atoms with Crippen molar-refractivity contribution in [3.63, 3.8) is 0 Å². The zero-order chi connectivity index (χ0) is 9.30. The van der Waals surface area contributed by atoms with E-state index in [4.69, 9.17) is 5.73 Å². The fourth-order valence-electron chi connectivity index (χ4n) is 0.713. The first kappa shape index (κ1) is 9.12. The summed E-state index contributed by atoms with van der Waals surface area (Å²) in [5, 5.41) is 0. The highest BCUT2D eigenvalue weighted by molar-refractivity contribution is 9.10.